The minimum Gasteiger partial charge on any atom is -0.481 e. The highest BCUT2D eigenvalue weighted by Crippen LogP contribution is 2.43. The van der Waals surface area contributed by atoms with E-state index in [0.29, 0.717) is 24.8 Å². The van der Waals surface area contributed by atoms with Gasteiger partial charge in [0, 0.05) is 0 Å². The molecule has 1 saturated carbocycles. The van der Waals surface area contributed by atoms with Crippen molar-refractivity contribution in [3.63, 3.8) is 0 Å². The van der Waals surface area contributed by atoms with E-state index in [-0.39, 0.29) is 0 Å². The van der Waals surface area contributed by atoms with Crippen LogP contribution in [0, 0.1) is 12.3 Å². The van der Waals surface area contributed by atoms with Crippen LogP contribution in [0.25, 0.3) is 0 Å². The number of hydrogen-bond donors (Lipinski definition) is 1. The highest BCUT2D eigenvalue weighted by molar-refractivity contribution is 5.90. The molecule has 0 aliphatic heterocycles. The number of hydrogen-bond acceptors (Lipinski definition) is 3. The summed E-state index contributed by atoms with van der Waals surface area (Å²) in [7, 11) is 0. The van der Waals surface area contributed by atoms with Gasteiger partial charge in [0.15, 0.2) is 0 Å². The number of carboxylic acids is 1. The zero-order chi connectivity index (χ0) is 17.9. The minimum atomic E-state index is -1.05. The smallest absolute Gasteiger partial charge is 0.338 e. The Morgan fingerprint density at radius 3 is 2.44 bits per heavy atom. The molecule has 3 rings (SSSR count). The molecule has 0 radical (unpaired) electrons. The summed E-state index contributed by atoms with van der Waals surface area (Å²) in [5, 5.41) is 9.92. The molecule has 1 aliphatic rings. The summed E-state index contributed by atoms with van der Waals surface area (Å²) >= 11 is 0. The van der Waals surface area contributed by atoms with Gasteiger partial charge in [0.25, 0.3) is 0 Å². The molecule has 0 spiro atoms. The molecule has 4 heteroatoms. The van der Waals surface area contributed by atoms with E-state index in [9.17, 15) is 14.7 Å². The van der Waals surface area contributed by atoms with Crippen LogP contribution < -0.4 is 0 Å². The van der Waals surface area contributed by atoms with E-state index >= 15 is 0 Å². The van der Waals surface area contributed by atoms with Crippen LogP contribution in [0.2, 0.25) is 0 Å². The SMILES string of the molecule is Cc1ccc(C(=O)OC2CCCC2(Cc2ccccc2)C(=O)O)cc1. The van der Waals surface area contributed by atoms with Gasteiger partial charge in [-0.25, -0.2) is 4.79 Å². The van der Waals surface area contributed by atoms with Crippen LogP contribution in [0.1, 0.15) is 40.7 Å². The van der Waals surface area contributed by atoms with Gasteiger partial charge in [-0.2, -0.15) is 0 Å². The fourth-order valence-corrected chi connectivity index (χ4v) is 3.58. The van der Waals surface area contributed by atoms with E-state index in [1.807, 2.05) is 49.4 Å². The van der Waals surface area contributed by atoms with E-state index in [2.05, 4.69) is 0 Å². The van der Waals surface area contributed by atoms with Gasteiger partial charge in [-0.05, 0) is 50.3 Å². The van der Waals surface area contributed by atoms with Crippen molar-refractivity contribution in [2.24, 2.45) is 5.41 Å². The molecule has 2 aromatic carbocycles. The van der Waals surface area contributed by atoms with Crippen molar-refractivity contribution in [2.75, 3.05) is 0 Å². The lowest BCUT2D eigenvalue weighted by molar-refractivity contribution is -0.154. The summed E-state index contributed by atoms with van der Waals surface area (Å²) in [5.74, 6) is -1.35. The highest BCUT2D eigenvalue weighted by atomic mass is 16.5. The first-order valence-corrected chi connectivity index (χ1v) is 8.56. The van der Waals surface area contributed by atoms with Crippen molar-refractivity contribution < 1.29 is 19.4 Å². The molecule has 0 saturated heterocycles. The van der Waals surface area contributed by atoms with Crippen LogP contribution in [-0.2, 0) is 16.0 Å². The van der Waals surface area contributed by atoms with Crippen LogP contribution in [-0.4, -0.2) is 23.1 Å². The standard InChI is InChI=1S/C21H22O4/c1-15-9-11-17(12-10-15)19(22)25-18-8-5-13-21(18,20(23)24)14-16-6-3-2-4-7-16/h2-4,6-7,9-12,18H,5,8,13-14H2,1H3,(H,23,24). The Balaban J connectivity index is 1.82. The van der Waals surface area contributed by atoms with Gasteiger partial charge >= 0.3 is 11.9 Å². The first-order chi connectivity index (χ1) is 12.0. The van der Waals surface area contributed by atoms with E-state index in [0.717, 1.165) is 17.5 Å². The van der Waals surface area contributed by atoms with E-state index in [1.165, 1.54) is 0 Å². The van der Waals surface area contributed by atoms with Crippen molar-refractivity contribution >= 4 is 11.9 Å². The quantitative estimate of drug-likeness (QED) is 0.837. The zero-order valence-corrected chi connectivity index (χ0v) is 14.3. The highest BCUT2D eigenvalue weighted by Gasteiger charge is 2.51. The maximum atomic E-state index is 12.5. The Bertz CT molecular complexity index is 751. The van der Waals surface area contributed by atoms with E-state index in [4.69, 9.17) is 4.74 Å². The first kappa shape index (κ1) is 17.2. The molecule has 1 fully saturated rings. The summed E-state index contributed by atoms with van der Waals surface area (Å²) < 4.78 is 5.67. The van der Waals surface area contributed by atoms with Crippen LogP contribution >= 0.6 is 0 Å². The maximum absolute atomic E-state index is 12.5. The number of aryl methyl sites for hydroxylation is 1. The van der Waals surface area contributed by atoms with E-state index in [1.54, 1.807) is 12.1 Å². The predicted octanol–water partition coefficient (Wildman–Crippen LogP) is 4.02. The summed E-state index contributed by atoms with van der Waals surface area (Å²) in [4.78, 5) is 24.6. The molecule has 130 valence electrons. The molecule has 0 heterocycles. The summed E-state index contributed by atoms with van der Waals surface area (Å²) in [5.41, 5.74) is 1.41. The second-order valence-electron chi connectivity index (χ2n) is 6.78. The Kier molecular flexibility index (Phi) is 4.88. The number of ether oxygens (including phenoxy) is 1. The number of benzene rings is 2. The molecule has 2 aromatic rings. The maximum Gasteiger partial charge on any atom is 0.338 e. The number of carbonyl (C=O) groups is 2. The number of carbonyl (C=O) groups excluding carboxylic acids is 1. The molecule has 0 aromatic heterocycles. The van der Waals surface area contributed by atoms with Crippen molar-refractivity contribution in [1.29, 1.82) is 0 Å². The fourth-order valence-electron chi connectivity index (χ4n) is 3.58. The Hall–Kier alpha value is -2.62. The predicted molar refractivity (Wildman–Crippen MR) is 94.4 cm³/mol. The van der Waals surface area contributed by atoms with Crippen LogP contribution in [0.3, 0.4) is 0 Å². The molecule has 2 atom stereocenters. The van der Waals surface area contributed by atoms with Crippen molar-refractivity contribution in [3.05, 3.63) is 71.3 Å². The van der Waals surface area contributed by atoms with Crippen molar-refractivity contribution in [1.82, 2.24) is 0 Å². The van der Waals surface area contributed by atoms with Crippen molar-refractivity contribution in [2.45, 2.75) is 38.7 Å². The Morgan fingerprint density at radius 2 is 1.80 bits per heavy atom. The molecule has 25 heavy (non-hydrogen) atoms. The van der Waals surface area contributed by atoms with E-state index < -0.39 is 23.5 Å². The third-order valence-electron chi connectivity index (χ3n) is 5.03. The second-order valence-corrected chi connectivity index (χ2v) is 6.78. The molecule has 1 aliphatic carbocycles. The van der Waals surface area contributed by atoms with Gasteiger partial charge in [-0.3, -0.25) is 4.79 Å². The topological polar surface area (TPSA) is 63.6 Å². The lowest BCUT2D eigenvalue weighted by Crippen LogP contribution is -2.42. The number of rotatable bonds is 5. The van der Waals surface area contributed by atoms with Gasteiger partial charge < -0.3 is 9.84 Å². The van der Waals surface area contributed by atoms with Gasteiger partial charge in [-0.15, -0.1) is 0 Å². The van der Waals surface area contributed by atoms with Crippen LogP contribution in [0.15, 0.2) is 54.6 Å². The molecule has 0 amide bonds. The third-order valence-corrected chi connectivity index (χ3v) is 5.03. The number of aliphatic carboxylic acids is 1. The van der Waals surface area contributed by atoms with Gasteiger partial charge in [-0.1, -0.05) is 48.0 Å². The van der Waals surface area contributed by atoms with Gasteiger partial charge in [0.2, 0.25) is 0 Å². The summed E-state index contributed by atoms with van der Waals surface area (Å²) in [6, 6.07) is 16.7. The average Bonchev–Trinajstić information content (AvgIpc) is 3.00. The second kappa shape index (κ2) is 7.09. The number of esters is 1. The summed E-state index contributed by atoms with van der Waals surface area (Å²) in [6.07, 6.45) is 1.60. The fraction of sp³-hybridized carbons (Fsp3) is 0.333. The normalized spacial score (nSPS) is 22.5. The van der Waals surface area contributed by atoms with Crippen molar-refractivity contribution in [3.8, 4) is 0 Å². The lowest BCUT2D eigenvalue weighted by Gasteiger charge is -2.31. The van der Waals surface area contributed by atoms with Crippen LogP contribution in [0.4, 0.5) is 0 Å². The monoisotopic (exact) mass is 338 g/mol. The van der Waals surface area contributed by atoms with Gasteiger partial charge in [0.1, 0.15) is 11.5 Å². The summed E-state index contributed by atoms with van der Waals surface area (Å²) in [6.45, 7) is 1.95. The minimum absolute atomic E-state index is 0.370. The van der Waals surface area contributed by atoms with Crippen LogP contribution in [0.5, 0.6) is 0 Å². The third kappa shape index (κ3) is 3.58. The lowest BCUT2D eigenvalue weighted by atomic mass is 9.78. The molecule has 0 bridgehead atoms. The molecule has 1 N–H and O–H groups in total. The molecular formula is C21H22O4. The molecular weight excluding hydrogens is 316 g/mol. The Labute approximate surface area is 147 Å². The number of carboxylic acid groups (broad SMARTS) is 1. The average molecular weight is 338 g/mol. The van der Waals surface area contributed by atoms with Gasteiger partial charge in [0.05, 0.1) is 5.56 Å². The molecule has 4 nitrogen and oxygen atoms in total. The first-order valence-electron chi connectivity index (χ1n) is 8.56. The Morgan fingerprint density at radius 1 is 1.12 bits per heavy atom. The molecule has 2 unspecified atom stereocenters. The largest absolute Gasteiger partial charge is 0.481 e. The zero-order valence-electron chi connectivity index (χ0n) is 14.3.